The van der Waals surface area contributed by atoms with E-state index in [1.165, 1.54) is 12.4 Å². The molecule has 12 heteroatoms. The molecule has 2 aromatic carbocycles. The van der Waals surface area contributed by atoms with Gasteiger partial charge in [0.05, 0.1) is 18.0 Å². The number of aromatic nitrogens is 4. The molecule has 45 heavy (non-hydrogen) atoms. The van der Waals surface area contributed by atoms with E-state index >= 15 is 4.39 Å². The molecule has 0 unspecified atom stereocenters. The predicted molar refractivity (Wildman–Crippen MR) is 169 cm³/mol. The highest BCUT2D eigenvalue weighted by Crippen LogP contribution is 2.35. The van der Waals surface area contributed by atoms with Crippen molar-refractivity contribution in [2.45, 2.75) is 44.8 Å². The second-order valence-corrected chi connectivity index (χ2v) is 11.9. The average Bonchev–Trinajstić information content (AvgIpc) is 3.66. The van der Waals surface area contributed by atoms with Crippen LogP contribution in [-0.4, -0.2) is 79.8 Å². The summed E-state index contributed by atoms with van der Waals surface area (Å²) < 4.78 is 23.0. The molecule has 4 heterocycles. The Hall–Kier alpha value is -4.86. The van der Waals surface area contributed by atoms with Crippen LogP contribution in [0.25, 0.3) is 22.3 Å². The van der Waals surface area contributed by atoms with E-state index in [-0.39, 0.29) is 28.9 Å². The zero-order valence-electron chi connectivity index (χ0n) is 25.4. The molecule has 4 aromatic rings. The molecule has 1 atom stereocenters. The van der Waals surface area contributed by atoms with Crippen LogP contribution in [0.1, 0.15) is 26.7 Å². The molecule has 3 N–H and O–H groups in total. The van der Waals surface area contributed by atoms with E-state index in [1.807, 2.05) is 32.0 Å². The van der Waals surface area contributed by atoms with Gasteiger partial charge in [-0.2, -0.15) is 10.4 Å². The summed E-state index contributed by atoms with van der Waals surface area (Å²) in [5, 5.41) is 18.6. The van der Waals surface area contributed by atoms with E-state index in [1.54, 1.807) is 39.9 Å². The number of benzene rings is 2. The highest BCUT2D eigenvalue weighted by atomic mass is 19.1. The minimum atomic E-state index is -0.535. The number of hydrogen-bond acceptors (Lipinski definition) is 9. The third kappa shape index (κ3) is 6.22. The number of rotatable bonds is 8. The fourth-order valence-electron chi connectivity index (χ4n) is 6.20. The molecule has 0 spiro atoms. The molecular weight excluding hydrogens is 573 g/mol. The van der Waals surface area contributed by atoms with Crippen LogP contribution in [0, 0.1) is 17.1 Å². The fraction of sp³-hybridized carbons (Fsp3) is 0.364. The number of piperazine rings is 1. The van der Waals surface area contributed by atoms with Gasteiger partial charge in [0.2, 0.25) is 0 Å². The number of para-hydroxylation sites is 1. The fourth-order valence-corrected chi connectivity index (χ4v) is 6.20. The molecule has 0 bridgehead atoms. The maximum atomic E-state index is 15.6. The number of anilines is 1. The SMILES string of the molecule is CC(C)(/C=C(\C#N)C(=O)N1CCC[C@@H]1Cn1nc(-c2ccc(Oc3ccccc3)cc2F)c2c(N)ncnc21)N1CCNCC1. The Labute approximate surface area is 261 Å². The number of nitrogen functional groups attached to an aromatic ring is 1. The number of carbonyl (C=O) groups is 1. The van der Waals surface area contributed by atoms with Crippen molar-refractivity contribution in [1.29, 1.82) is 5.26 Å². The van der Waals surface area contributed by atoms with Crippen molar-refractivity contribution >= 4 is 22.8 Å². The summed E-state index contributed by atoms with van der Waals surface area (Å²) >= 11 is 0. The number of nitrogens with one attached hydrogen (secondary N) is 1. The van der Waals surface area contributed by atoms with Crippen LogP contribution in [0.15, 0.2) is 66.5 Å². The van der Waals surface area contributed by atoms with Crippen LogP contribution in [0.2, 0.25) is 0 Å². The molecule has 2 saturated heterocycles. The Bertz CT molecular complexity index is 1770. The number of amides is 1. The lowest BCUT2D eigenvalue weighted by Crippen LogP contribution is -2.52. The predicted octanol–water partition coefficient (Wildman–Crippen LogP) is 4.13. The van der Waals surface area contributed by atoms with Gasteiger partial charge in [0.1, 0.15) is 46.8 Å². The summed E-state index contributed by atoms with van der Waals surface area (Å²) in [4.78, 5) is 26.4. The number of halogens is 1. The first kappa shape index (κ1) is 30.2. The zero-order valence-corrected chi connectivity index (χ0v) is 25.4. The van der Waals surface area contributed by atoms with E-state index in [2.05, 4.69) is 26.3 Å². The van der Waals surface area contributed by atoms with Crippen LogP contribution in [0.3, 0.4) is 0 Å². The van der Waals surface area contributed by atoms with Crippen molar-refractivity contribution in [1.82, 2.24) is 34.9 Å². The number of nitriles is 1. The number of likely N-dealkylation sites (tertiary alicyclic amines) is 1. The first-order valence-electron chi connectivity index (χ1n) is 15.1. The maximum absolute atomic E-state index is 15.6. The highest BCUT2D eigenvalue weighted by Gasteiger charge is 2.34. The summed E-state index contributed by atoms with van der Waals surface area (Å²) in [6, 6.07) is 15.6. The maximum Gasteiger partial charge on any atom is 0.264 e. The van der Waals surface area contributed by atoms with Crippen LogP contribution < -0.4 is 15.8 Å². The molecule has 0 aliphatic carbocycles. The Balaban J connectivity index is 1.28. The first-order valence-corrected chi connectivity index (χ1v) is 15.1. The first-order chi connectivity index (χ1) is 21.7. The molecular formula is C33H36FN9O2. The number of ether oxygens (including phenoxy) is 1. The van der Waals surface area contributed by atoms with Crippen molar-refractivity contribution < 1.29 is 13.9 Å². The number of hydrogen-bond donors (Lipinski definition) is 2. The van der Waals surface area contributed by atoms with Gasteiger partial charge in [0, 0.05) is 49.9 Å². The van der Waals surface area contributed by atoms with Crippen molar-refractivity contribution in [2.75, 3.05) is 38.5 Å². The molecule has 1 amide bonds. The van der Waals surface area contributed by atoms with Crippen molar-refractivity contribution in [3.05, 3.63) is 72.3 Å². The molecule has 2 aromatic heterocycles. The highest BCUT2D eigenvalue weighted by molar-refractivity contribution is 5.99. The van der Waals surface area contributed by atoms with Crippen LogP contribution in [0.5, 0.6) is 11.5 Å². The van der Waals surface area contributed by atoms with E-state index in [0.717, 1.165) is 39.0 Å². The van der Waals surface area contributed by atoms with Gasteiger partial charge in [0.15, 0.2) is 5.65 Å². The molecule has 0 radical (unpaired) electrons. The van der Waals surface area contributed by atoms with Crippen molar-refractivity contribution in [3.63, 3.8) is 0 Å². The number of nitrogens with two attached hydrogens (primary N) is 1. The van der Waals surface area contributed by atoms with E-state index in [0.29, 0.717) is 41.3 Å². The lowest BCUT2D eigenvalue weighted by Gasteiger charge is -2.39. The van der Waals surface area contributed by atoms with Gasteiger partial charge in [-0.25, -0.2) is 19.0 Å². The number of carbonyl (C=O) groups excluding carboxylic acids is 1. The second-order valence-electron chi connectivity index (χ2n) is 11.9. The summed E-state index contributed by atoms with van der Waals surface area (Å²) in [6.45, 7) is 8.30. The third-order valence-electron chi connectivity index (χ3n) is 8.54. The largest absolute Gasteiger partial charge is 0.457 e. The summed E-state index contributed by atoms with van der Waals surface area (Å²) in [5.74, 6) is 0.279. The van der Waals surface area contributed by atoms with E-state index < -0.39 is 11.4 Å². The van der Waals surface area contributed by atoms with Crippen LogP contribution in [-0.2, 0) is 11.3 Å². The molecule has 2 aliphatic heterocycles. The average molecular weight is 610 g/mol. The standard InChI is InChI=1S/C33H36FN9O2/c1-33(2,41-15-12-37-13-16-41)18-22(19-35)32(44)42-14-6-7-23(42)20-43-31-28(30(36)38-21-39-31)29(40-43)26-11-10-25(17-27(26)34)45-24-8-4-3-5-9-24/h3-5,8-11,17-18,21,23,37H,6-7,12-16,20H2,1-2H3,(H2,36,38,39)/b22-18+/t23-/m1/s1. The van der Waals surface area contributed by atoms with Gasteiger partial charge in [-0.1, -0.05) is 18.2 Å². The van der Waals surface area contributed by atoms with Crippen LogP contribution >= 0.6 is 0 Å². The topological polar surface area (TPSA) is 138 Å². The lowest BCUT2D eigenvalue weighted by atomic mass is 9.97. The molecule has 6 rings (SSSR count). The Kier molecular flexibility index (Phi) is 8.47. The van der Waals surface area contributed by atoms with E-state index in [4.69, 9.17) is 15.6 Å². The molecule has 11 nitrogen and oxygen atoms in total. The number of nitrogens with zero attached hydrogens (tertiary/aromatic N) is 7. The Morgan fingerprint density at radius 1 is 1.16 bits per heavy atom. The quantitative estimate of drug-likeness (QED) is 0.223. The van der Waals surface area contributed by atoms with E-state index in [9.17, 15) is 10.1 Å². The van der Waals surface area contributed by atoms with Crippen molar-refractivity contribution in [2.24, 2.45) is 0 Å². The summed E-state index contributed by atoms with van der Waals surface area (Å²) in [7, 11) is 0. The molecule has 2 fully saturated rings. The minimum absolute atomic E-state index is 0.128. The van der Waals surface area contributed by atoms with Gasteiger partial charge in [-0.15, -0.1) is 0 Å². The molecule has 2 aliphatic rings. The van der Waals surface area contributed by atoms with Gasteiger partial charge < -0.3 is 20.7 Å². The lowest BCUT2D eigenvalue weighted by molar-refractivity contribution is -0.127. The van der Waals surface area contributed by atoms with Gasteiger partial charge in [0.25, 0.3) is 5.91 Å². The molecule has 232 valence electrons. The second kappa shape index (κ2) is 12.6. The minimum Gasteiger partial charge on any atom is -0.457 e. The van der Waals surface area contributed by atoms with Crippen LogP contribution in [0.4, 0.5) is 10.2 Å². The summed E-state index contributed by atoms with van der Waals surface area (Å²) in [6.07, 6.45) is 4.65. The van der Waals surface area contributed by atoms with Crippen molar-refractivity contribution in [3.8, 4) is 28.8 Å². The normalized spacial score (nSPS) is 17.9. The zero-order chi connectivity index (χ0) is 31.6. The smallest absolute Gasteiger partial charge is 0.264 e. The van der Waals surface area contributed by atoms with Gasteiger partial charge >= 0.3 is 0 Å². The van der Waals surface area contributed by atoms with Gasteiger partial charge in [-0.05, 0) is 57.0 Å². The Morgan fingerprint density at radius 3 is 2.67 bits per heavy atom. The summed E-state index contributed by atoms with van der Waals surface area (Å²) in [5.41, 5.74) is 6.93. The molecule has 0 saturated carbocycles. The third-order valence-corrected chi connectivity index (χ3v) is 8.54. The number of fused-ring (bicyclic) bond motifs is 1. The monoisotopic (exact) mass is 609 g/mol. The Morgan fingerprint density at radius 2 is 1.93 bits per heavy atom. The van der Waals surface area contributed by atoms with Gasteiger partial charge in [-0.3, -0.25) is 9.69 Å².